The van der Waals surface area contributed by atoms with Crippen molar-refractivity contribution in [2.24, 2.45) is 0 Å². The summed E-state index contributed by atoms with van der Waals surface area (Å²) in [5.74, 6) is 0.911. The molecule has 13 heavy (non-hydrogen) atoms. The highest BCUT2D eigenvalue weighted by Gasteiger charge is 2.09. The molecule has 0 spiro atoms. The Morgan fingerprint density at radius 1 is 1.38 bits per heavy atom. The maximum atomic E-state index is 5.32. The second kappa shape index (κ2) is 4.81. The molecule has 0 fully saturated rings. The first-order chi connectivity index (χ1) is 6.33. The first-order valence-corrected chi connectivity index (χ1v) is 4.52. The predicted molar refractivity (Wildman–Crippen MR) is 49.6 cm³/mol. The van der Waals surface area contributed by atoms with Gasteiger partial charge >= 0.3 is 6.01 Å². The molecule has 0 aliphatic carbocycles. The molecule has 0 bridgehead atoms. The first-order valence-electron chi connectivity index (χ1n) is 4.52. The Morgan fingerprint density at radius 3 is 2.69 bits per heavy atom. The third-order valence-corrected chi connectivity index (χ3v) is 1.72. The summed E-state index contributed by atoms with van der Waals surface area (Å²) in [5, 5.41) is 11.0. The Hall–Kier alpha value is -1.10. The fraction of sp³-hybridized carbons (Fsp3) is 0.750. The molecular formula is C8H16N4O. The standard InChI is InChI=1S/C8H16N4O/c1-4-12-7(6-9-3)10-11-8(12)13-5-2/h9H,4-6H2,1-3H3. The number of ether oxygens (including phenoxy) is 1. The van der Waals surface area contributed by atoms with E-state index in [1.165, 1.54) is 0 Å². The van der Waals surface area contributed by atoms with Crippen LogP contribution < -0.4 is 10.1 Å². The maximum Gasteiger partial charge on any atom is 0.316 e. The molecule has 0 radical (unpaired) electrons. The summed E-state index contributed by atoms with van der Waals surface area (Å²) in [5.41, 5.74) is 0. The molecule has 1 aromatic heterocycles. The van der Waals surface area contributed by atoms with Gasteiger partial charge in [-0.2, -0.15) is 0 Å². The Labute approximate surface area is 78.1 Å². The van der Waals surface area contributed by atoms with Crippen molar-refractivity contribution in [3.8, 4) is 6.01 Å². The van der Waals surface area contributed by atoms with Crippen LogP contribution in [0.15, 0.2) is 0 Å². The maximum absolute atomic E-state index is 5.32. The van der Waals surface area contributed by atoms with E-state index in [4.69, 9.17) is 4.74 Å². The Morgan fingerprint density at radius 2 is 2.15 bits per heavy atom. The third-order valence-electron chi connectivity index (χ3n) is 1.72. The van der Waals surface area contributed by atoms with E-state index >= 15 is 0 Å². The van der Waals surface area contributed by atoms with Crippen molar-refractivity contribution in [2.75, 3.05) is 13.7 Å². The van der Waals surface area contributed by atoms with E-state index in [1.807, 2.05) is 25.5 Å². The van der Waals surface area contributed by atoms with Crippen molar-refractivity contribution in [1.82, 2.24) is 20.1 Å². The Bertz CT molecular complexity index is 235. The van der Waals surface area contributed by atoms with Crippen LogP contribution in [0.25, 0.3) is 0 Å². The van der Waals surface area contributed by atoms with Gasteiger partial charge < -0.3 is 10.1 Å². The molecule has 0 aliphatic rings. The summed E-state index contributed by atoms with van der Waals surface area (Å²) in [6.45, 7) is 6.16. The minimum Gasteiger partial charge on any atom is -0.464 e. The van der Waals surface area contributed by atoms with Crippen LogP contribution in [-0.4, -0.2) is 28.4 Å². The lowest BCUT2D eigenvalue weighted by molar-refractivity contribution is 0.295. The highest BCUT2D eigenvalue weighted by atomic mass is 16.5. The van der Waals surface area contributed by atoms with Gasteiger partial charge in [-0.25, -0.2) is 0 Å². The van der Waals surface area contributed by atoms with Crippen LogP contribution in [0.2, 0.25) is 0 Å². The van der Waals surface area contributed by atoms with Crippen molar-refractivity contribution in [2.45, 2.75) is 26.9 Å². The quantitative estimate of drug-likeness (QED) is 0.720. The number of hydrogen-bond acceptors (Lipinski definition) is 4. The van der Waals surface area contributed by atoms with Crippen molar-refractivity contribution < 1.29 is 4.74 Å². The number of aromatic nitrogens is 3. The molecule has 0 aliphatic heterocycles. The lowest BCUT2D eigenvalue weighted by Crippen LogP contribution is -2.12. The van der Waals surface area contributed by atoms with Crippen LogP contribution in [0.5, 0.6) is 6.01 Å². The molecule has 0 unspecified atom stereocenters. The highest BCUT2D eigenvalue weighted by molar-refractivity contribution is 5.00. The molecule has 0 atom stereocenters. The molecule has 1 aromatic rings. The molecule has 1 rings (SSSR count). The smallest absolute Gasteiger partial charge is 0.316 e. The molecule has 1 heterocycles. The SMILES string of the molecule is CCOc1nnc(CNC)n1CC. The van der Waals surface area contributed by atoms with Gasteiger partial charge in [0.15, 0.2) is 0 Å². The average molecular weight is 184 g/mol. The zero-order valence-electron chi connectivity index (χ0n) is 8.37. The summed E-state index contributed by atoms with van der Waals surface area (Å²) in [4.78, 5) is 0. The van der Waals surface area contributed by atoms with E-state index in [-0.39, 0.29) is 0 Å². The lowest BCUT2D eigenvalue weighted by Gasteiger charge is -2.06. The van der Waals surface area contributed by atoms with Crippen molar-refractivity contribution in [3.63, 3.8) is 0 Å². The zero-order chi connectivity index (χ0) is 9.68. The topological polar surface area (TPSA) is 52.0 Å². The molecule has 0 aromatic carbocycles. The highest BCUT2D eigenvalue weighted by Crippen LogP contribution is 2.09. The molecule has 0 saturated carbocycles. The van der Waals surface area contributed by atoms with E-state index < -0.39 is 0 Å². The van der Waals surface area contributed by atoms with Crippen LogP contribution in [0.3, 0.4) is 0 Å². The summed E-state index contributed by atoms with van der Waals surface area (Å²) in [6.07, 6.45) is 0. The summed E-state index contributed by atoms with van der Waals surface area (Å²) in [7, 11) is 1.88. The van der Waals surface area contributed by atoms with Crippen LogP contribution in [-0.2, 0) is 13.1 Å². The van der Waals surface area contributed by atoms with Gasteiger partial charge in [0.05, 0.1) is 13.2 Å². The van der Waals surface area contributed by atoms with Crippen LogP contribution in [0, 0.1) is 0 Å². The van der Waals surface area contributed by atoms with Gasteiger partial charge in [0, 0.05) is 6.54 Å². The summed E-state index contributed by atoms with van der Waals surface area (Å²) < 4.78 is 7.27. The number of hydrogen-bond donors (Lipinski definition) is 1. The monoisotopic (exact) mass is 184 g/mol. The first kappa shape index (κ1) is 9.98. The van der Waals surface area contributed by atoms with Gasteiger partial charge in [0.1, 0.15) is 5.82 Å². The summed E-state index contributed by atoms with van der Waals surface area (Å²) >= 11 is 0. The normalized spacial score (nSPS) is 10.4. The van der Waals surface area contributed by atoms with Gasteiger partial charge in [-0.15, -0.1) is 5.10 Å². The van der Waals surface area contributed by atoms with Gasteiger partial charge in [-0.3, -0.25) is 4.57 Å². The van der Waals surface area contributed by atoms with Crippen molar-refractivity contribution in [1.29, 1.82) is 0 Å². The third kappa shape index (κ3) is 2.18. The molecule has 1 N–H and O–H groups in total. The van der Waals surface area contributed by atoms with Crippen molar-refractivity contribution >= 4 is 0 Å². The minimum atomic E-state index is 0.607. The number of rotatable bonds is 5. The molecular weight excluding hydrogens is 168 g/mol. The predicted octanol–water partition coefficient (Wildman–Crippen LogP) is 0.416. The van der Waals surface area contributed by atoms with Crippen LogP contribution in [0.4, 0.5) is 0 Å². The second-order valence-corrected chi connectivity index (χ2v) is 2.61. The van der Waals surface area contributed by atoms with Gasteiger partial charge in [-0.1, -0.05) is 5.10 Å². The fourth-order valence-electron chi connectivity index (χ4n) is 1.16. The number of nitrogens with zero attached hydrogens (tertiary/aromatic N) is 3. The lowest BCUT2D eigenvalue weighted by atomic mass is 10.5. The van der Waals surface area contributed by atoms with E-state index in [9.17, 15) is 0 Å². The Balaban J connectivity index is 2.82. The second-order valence-electron chi connectivity index (χ2n) is 2.61. The number of nitrogens with one attached hydrogen (secondary N) is 1. The van der Waals surface area contributed by atoms with Gasteiger partial charge in [-0.05, 0) is 20.9 Å². The molecule has 5 heteroatoms. The molecule has 5 nitrogen and oxygen atoms in total. The van der Waals surface area contributed by atoms with Gasteiger partial charge in [0.25, 0.3) is 0 Å². The minimum absolute atomic E-state index is 0.607. The van der Waals surface area contributed by atoms with E-state index in [0.717, 1.165) is 12.4 Å². The van der Waals surface area contributed by atoms with E-state index in [0.29, 0.717) is 19.2 Å². The fourth-order valence-corrected chi connectivity index (χ4v) is 1.16. The van der Waals surface area contributed by atoms with E-state index in [1.54, 1.807) is 0 Å². The van der Waals surface area contributed by atoms with Crippen LogP contribution >= 0.6 is 0 Å². The Kier molecular flexibility index (Phi) is 3.70. The summed E-state index contributed by atoms with van der Waals surface area (Å²) in [6, 6.07) is 0.607. The van der Waals surface area contributed by atoms with Crippen LogP contribution in [0.1, 0.15) is 19.7 Å². The zero-order valence-corrected chi connectivity index (χ0v) is 8.37. The molecule has 0 saturated heterocycles. The molecule has 0 amide bonds. The molecule has 74 valence electrons. The van der Waals surface area contributed by atoms with E-state index in [2.05, 4.69) is 15.5 Å². The average Bonchev–Trinajstić information content (AvgIpc) is 2.49. The van der Waals surface area contributed by atoms with Gasteiger partial charge in [0.2, 0.25) is 0 Å². The van der Waals surface area contributed by atoms with Crippen molar-refractivity contribution in [3.05, 3.63) is 5.82 Å². The largest absolute Gasteiger partial charge is 0.464 e.